The third-order valence-electron chi connectivity index (χ3n) is 2.93. The van der Waals surface area contributed by atoms with E-state index in [0.29, 0.717) is 38.4 Å². The molecule has 7 heteroatoms. The first-order valence-corrected chi connectivity index (χ1v) is 7.62. The van der Waals surface area contributed by atoms with Gasteiger partial charge in [-0.25, -0.2) is 4.99 Å². The van der Waals surface area contributed by atoms with Gasteiger partial charge in [-0.05, 0) is 31.9 Å². The number of nitrogens with zero attached hydrogens (tertiary/aromatic N) is 1. The van der Waals surface area contributed by atoms with Gasteiger partial charge in [0.05, 0.1) is 12.8 Å². The number of alkyl halides is 3. The number of furan rings is 1. The van der Waals surface area contributed by atoms with Crippen molar-refractivity contribution in [1.82, 2.24) is 10.6 Å². The second kappa shape index (κ2) is 9.97. The normalized spacial score (nSPS) is 12.3. The van der Waals surface area contributed by atoms with Crippen molar-refractivity contribution in [3.8, 4) is 0 Å². The van der Waals surface area contributed by atoms with Gasteiger partial charge in [0.15, 0.2) is 5.96 Å². The Morgan fingerprint density at radius 1 is 1.26 bits per heavy atom. The van der Waals surface area contributed by atoms with Gasteiger partial charge in [0.2, 0.25) is 0 Å². The zero-order valence-electron chi connectivity index (χ0n) is 13.4. The van der Waals surface area contributed by atoms with E-state index in [-0.39, 0.29) is 6.42 Å². The molecule has 0 aliphatic heterocycles. The second-order valence-corrected chi connectivity index (χ2v) is 5.38. The van der Waals surface area contributed by atoms with Crippen molar-refractivity contribution in [3.63, 3.8) is 0 Å². The van der Waals surface area contributed by atoms with Crippen LogP contribution >= 0.6 is 0 Å². The first-order valence-electron chi connectivity index (χ1n) is 7.62. The van der Waals surface area contributed by atoms with Crippen molar-refractivity contribution >= 4 is 5.96 Å². The Morgan fingerprint density at radius 2 is 2.00 bits per heavy atom. The van der Waals surface area contributed by atoms with Crippen LogP contribution in [0.5, 0.6) is 0 Å². The maximum absolute atomic E-state index is 12.1. The zero-order chi connectivity index (χ0) is 17.1. The van der Waals surface area contributed by atoms with Crippen molar-refractivity contribution < 1.29 is 17.6 Å². The quantitative estimate of drug-likeness (QED) is 0.314. The molecule has 0 aromatic carbocycles. The van der Waals surface area contributed by atoms with Gasteiger partial charge in [-0.2, -0.15) is 13.2 Å². The van der Waals surface area contributed by atoms with Crippen molar-refractivity contribution in [2.75, 3.05) is 19.6 Å². The molecule has 1 aromatic rings. The van der Waals surface area contributed by atoms with E-state index < -0.39 is 12.6 Å². The number of unbranched alkanes of at least 4 members (excludes halogenated alkanes) is 1. The minimum atomic E-state index is -4.09. The first-order chi connectivity index (χ1) is 10.9. The van der Waals surface area contributed by atoms with Crippen LogP contribution in [0.15, 0.2) is 40.0 Å². The third-order valence-corrected chi connectivity index (χ3v) is 2.93. The molecule has 130 valence electrons. The average Bonchev–Trinajstić information content (AvgIpc) is 2.95. The third kappa shape index (κ3) is 10.4. The largest absolute Gasteiger partial charge is 0.469 e. The molecule has 0 saturated heterocycles. The van der Waals surface area contributed by atoms with E-state index in [1.807, 2.05) is 19.1 Å². The highest BCUT2D eigenvalue weighted by molar-refractivity contribution is 5.79. The molecule has 0 bridgehead atoms. The molecule has 4 nitrogen and oxygen atoms in total. The number of nitrogens with one attached hydrogen (secondary N) is 2. The number of halogens is 3. The van der Waals surface area contributed by atoms with E-state index >= 15 is 0 Å². The summed E-state index contributed by atoms with van der Waals surface area (Å²) in [7, 11) is 0. The Morgan fingerprint density at radius 3 is 2.61 bits per heavy atom. The fraction of sp³-hybridized carbons (Fsp3) is 0.562. The summed E-state index contributed by atoms with van der Waals surface area (Å²) in [6.07, 6.45) is -1.97. The van der Waals surface area contributed by atoms with Crippen LogP contribution in [-0.2, 0) is 6.42 Å². The number of hydrogen-bond acceptors (Lipinski definition) is 2. The maximum Gasteiger partial charge on any atom is 0.389 e. The molecule has 0 radical (unpaired) electrons. The summed E-state index contributed by atoms with van der Waals surface area (Å²) in [5.74, 6) is 1.44. The van der Waals surface area contributed by atoms with Crippen LogP contribution in [0.2, 0.25) is 0 Å². The van der Waals surface area contributed by atoms with Crippen LogP contribution in [0.1, 0.15) is 31.9 Å². The molecular formula is C16H24F3N3O. The molecular weight excluding hydrogens is 307 g/mol. The SMILES string of the molecule is C=C(C)CN=C(NCCCCC(F)(F)F)NCCc1ccco1. The molecule has 0 aliphatic rings. The Kier molecular flexibility index (Phi) is 8.29. The Labute approximate surface area is 134 Å². The number of hydrogen-bond donors (Lipinski definition) is 2. The van der Waals surface area contributed by atoms with Crippen molar-refractivity contribution in [1.29, 1.82) is 0 Å². The molecule has 1 heterocycles. The van der Waals surface area contributed by atoms with Gasteiger partial charge >= 0.3 is 6.18 Å². The number of aliphatic imine (C=N–C) groups is 1. The summed E-state index contributed by atoms with van der Waals surface area (Å²) in [6, 6.07) is 3.71. The average molecular weight is 331 g/mol. The van der Waals surface area contributed by atoms with Crippen LogP contribution in [0.3, 0.4) is 0 Å². The van der Waals surface area contributed by atoms with Crippen LogP contribution < -0.4 is 10.6 Å². The monoisotopic (exact) mass is 331 g/mol. The molecule has 0 aliphatic carbocycles. The molecule has 1 rings (SSSR count). The molecule has 0 spiro atoms. The number of rotatable bonds is 9. The van der Waals surface area contributed by atoms with Crippen LogP contribution in [0, 0.1) is 0 Å². The maximum atomic E-state index is 12.1. The van der Waals surface area contributed by atoms with Crippen LogP contribution in [0.25, 0.3) is 0 Å². The fourth-order valence-corrected chi connectivity index (χ4v) is 1.80. The molecule has 1 aromatic heterocycles. The molecule has 0 saturated carbocycles. The summed E-state index contributed by atoms with van der Waals surface area (Å²) in [6.45, 7) is 7.19. The lowest BCUT2D eigenvalue weighted by molar-refractivity contribution is -0.135. The van der Waals surface area contributed by atoms with E-state index in [2.05, 4.69) is 22.2 Å². The molecule has 0 atom stereocenters. The number of guanidine groups is 1. The lowest BCUT2D eigenvalue weighted by atomic mass is 10.2. The smallest absolute Gasteiger partial charge is 0.389 e. The van der Waals surface area contributed by atoms with E-state index in [0.717, 1.165) is 11.3 Å². The predicted octanol–water partition coefficient (Wildman–Crippen LogP) is 3.67. The summed E-state index contributed by atoms with van der Waals surface area (Å²) >= 11 is 0. The molecule has 0 fully saturated rings. The van der Waals surface area contributed by atoms with Crippen molar-refractivity contribution in [2.45, 2.75) is 38.8 Å². The van der Waals surface area contributed by atoms with Gasteiger partial charge in [0, 0.05) is 25.9 Å². The topological polar surface area (TPSA) is 49.6 Å². The predicted molar refractivity (Wildman–Crippen MR) is 85.4 cm³/mol. The van der Waals surface area contributed by atoms with Gasteiger partial charge in [-0.1, -0.05) is 12.2 Å². The van der Waals surface area contributed by atoms with Gasteiger partial charge in [-0.15, -0.1) is 0 Å². The van der Waals surface area contributed by atoms with E-state index in [9.17, 15) is 13.2 Å². The fourth-order valence-electron chi connectivity index (χ4n) is 1.80. The van der Waals surface area contributed by atoms with Gasteiger partial charge < -0.3 is 15.1 Å². The summed E-state index contributed by atoms with van der Waals surface area (Å²) in [4.78, 5) is 4.33. The van der Waals surface area contributed by atoms with Gasteiger partial charge in [0.1, 0.15) is 5.76 Å². The van der Waals surface area contributed by atoms with Crippen LogP contribution in [-0.4, -0.2) is 31.8 Å². The molecule has 23 heavy (non-hydrogen) atoms. The van der Waals surface area contributed by atoms with E-state index in [1.165, 1.54) is 0 Å². The minimum absolute atomic E-state index is 0.108. The summed E-state index contributed by atoms with van der Waals surface area (Å²) < 4.78 is 41.5. The van der Waals surface area contributed by atoms with E-state index in [4.69, 9.17) is 4.42 Å². The lowest BCUT2D eigenvalue weighted by Crippen LogP contribution is -2.39. The standard InChI is InChI=1S/C16H24F3N3O/c1-13(2)12-22-15(20-9-4-3-8-16(17,18)19)21-10-7-14-6-5-11-23-14/h5-6,11H,1,3-4,7-10,12H2,2H3,(H2,20,21,22). The second-order valence-electron chi connectivity index (χ2n) is 5.38. The highest BCUT2D eigenvalue weighted by atomic mass is 19.4. The highest BCUT2D eigenvalue weighted by Gasteiger charge is 2.25. The Bertz CT molecular complexity index is 481. The molecule has 0 unspecified atom stereocenters. The zero-order valence-corrected chi connectivity index (χ0v) is 13.4. The van der Waals surface area contributed by atoms with Crippen molar-refractivity contribution in [3.05, 3.63) is 36.3 Å². The van der Waals surface area contributed by atoms with Crippen molar-refractivity contribution in [2.24, 2.45) is 4.99 Å². The van der Waals surface area contributed by atoms with E-state index in [1.54, 1.807) is 6.26 Å². The molecule has 0 amide bonds. The molecule has 2 N–H and O–H groups in total. The van der Waals surface area contributed by atoms with Crippen LogP contribution in [0.4, 0.5) is 13.2 Å². The Hall–Kier alpha value is -1.92. The van der Waals surface area contributed by atoms with Gasteiger partial charge in [-0.3, -0.25) is 0 Å². The summed E-state index contributed by atoms with van der Waals surface area (Å²) in [5.41, 5.74) is 0.911. The summed E-state index contributed by atoms with van der Waals surface area (Å²) in [5, 5.41) is 6.18. The Balaban J connectivity index is 2.30. The highest BCUT2D eigenvalue weighted by Crippen LogP contribution is 2.21. The lowest BCUT2D eigenvalue weighted by Gasteiger charge is -2.12. The minimum Gasteiger partial charge on any atom is -0.469 e. The first kappa shape index (κ1) is 19.1. The van der Waals surface area contributed by atoms with Gasteiger partial charge in [0.25, 0.3) is 0 Å².